The largest absolute Gasteiger partial charge is 0.444 e. The second-order valence-electron chi connectivity index (χ2n) is 6.68. The van der Waals surface area contributed by atoms with Crippen LogP contribution in [0.4, 0.5) is 4.79 Å². The van der Waals surface area contributed by atoms with Crippen LogP contribution < -0.4 is 10.6 Å². The maximum atomic E-state index is 12.4. The van der Waals surface area contributed by atoms with Crippen LogP contribution in [0.5, 0.6) is 0 Å². The van der Waals surface area contributed by atoms with Gasteiger partial charge in [0, 0.05) is 13.5 Å². The Hall–Kier alpha value is -1.83. The molecule has 0 spiro atoms. The van der Waals surface area contributed by atoms with Gasteiger partial charge in [-0.3, -0.25) is 9.59 Å². The van der Waals surface area contributed by atoms with Crippen LogP contribution in [0, 0.1) is 0 Å². The molecule has 2 aliphatic heterocycles. The highest BCUT2D eigenvalue weighted by atomic mass is 16.6. The van der Waals surface area contributed by atoms with Gasteiger partial charge in [-0.15, -0.1) is 0 Å². The summed E-state index contributed by atoms with van der Waals surface area (Å²) in [5.74, 6) is -0.672. The Morgan fingerprint density at radius 1 is 1.32 bits per heavy atom. The number of carbonyl (C=O) groups excluding carboxylic acids is 3. The molecule has 124 valence electrons. The van der Waals surface area contributed by atoms with Crippen molar-refractivity contribution in [1.29, 1.82) is 0 Å². The number of hydrogen-bond acceptors (Lipinski definition) is 5. The molecule has 2 fully saturated rings. The maximum Gasteiger partial charge on any atom is 0.408 e. The minimum atomic E-state index is -0.776. The summed E-state index contributed by atoms with van der Waals surface area (Å²) in [7, 11) is 1.49. The third kappa shape index (κ3) is 3.16. The monoisotopic (exact) mass is 313 g/mol. The van der Waals surface area contributed by atoms with Gasteiger partial charge < -0.3 is 25.4 Å². The number of aliphatic hydroxyl groups excluding tert-OH is 1. The number of rotatable bonds is 2. The fourth-order valence-electron chi connectivity index (χ4n) is 3.00. The van der Waals surface area contributed by atoms with Gasteiger partial charge in [0.15, 0.2) is 0 Å². The van der Waals surface area contributed by atoms with E-state index in [1.54, 1.807) is 20.8 Å². The fraction of sp³-hybridized carbons (Fsp3) is 0.786. The Morgan fingerprint density at radius 3 is 2.50 bits per heavy atom. The van der Waals surface area contributed by atoms with Crippen molar-refractivity contribution >= 4 is 17.9 Å². The summed E-state index contributed by atoms with van der Waals surface area (Å²) in [6.07, 6.45) is -0.961. The Bertz CT molecular complexity index is 487. The summed E-state index contributed by atoms with van der Waals surface area (Å²) < 4.78 is 5.13. The number of alkyl carbamates (subject to hydrolysis) is 1. The van der Waals surface area contributed by atoms with Crippen LogP contribution in [0.2, 0.25) is 0 Å². The number of carbonyl (C=O) groups is 3. The maximum absolute atomic E-state index is 12.4. The SMILES string of the molecule is CNC(=O)[C@@H]1C[C@H](O)[C@@H]2C[C@H](NC(=O)OC(C)(C)C)C(=O)N12. The molecule has 0 aromatic heterocycles. The number of fused-ring (bicyclic) bond motifs is 1. The molecule has 0 aliphatic carbocycles. The molecule has 0 bridgehead atoms. The Balaban J connectivity index is 2.05. The molecule has 2 heterocycles. The van der Waals surface area contributed by atoms with E-state index in [0.29, 0.717) is 0 Å². The first kappa shape index (κ1) is 16.5. The molecule has 8 heteroatoms. The average molecular weight is 313 g/mol. The molecule has 2 aliphatic rings. The van der Waals surface area contributed by atoms with Crippen molar-refractivity contribution < 1.29 is 24.2 Å². The zero-order valence-electron chi connectivity index (χ0n) is 13.3. The molecular weight excluding hydrogens is 290 g/mol. The van der Waals surface area contributed by atoms with Gasteiger partial charge in [0.2, 0.25) is 11.8 Å². The minimum Gasteiger partial charge on any atom is -0.444 e. The smallest absolute Gasteiger partial charge is 0.408 e. The van der Waals surface area contributed by atoms with Crippen LogP contribution in [0.1, 0.15) is 33.6 Å². The number of hydrogen-bond donors (Lipinski definition) is 3. The molecule has 0 unspecified atom stereocenters. The van der Waals surface area contributed by atoms with E-state index in [0.717, 1.165) is 0 Å². The molecule has 2 rings (SSSR count). The normalized spacial score (nSPS) is 31.0. The van der Waals surface area contributed by atoms with Crippen LogP contribution in [0.15, 0.2) is 0 Å². The van der Waals surface area contributed by atoms with E-state index in [2.05, 4.69) is 10.6 Å². The van der Waals surface area contributed by atoms with Gasteiger partial charge in [-0.1, -0.05) is 0 Å². The molecule has 3 N–H and O–H groups in total. The van der Waals surface area contributed by atoms with Gasteiger partial charge in [0.05, 0.1) is 12.1 Å². The van der Waals surface area contributed by atoms with Gasteiger partial charge in [-0.2, -0.15) is 0 Å². The molecule has 3 amide bonds. The second-order valence-corrected chi connectivity index (χ2v) is 6.68. The van der Waals surface area contributed by atoms with Crippen molar-refractivity contribution in [1.82, 2.24) is 15.5 Å². The van der Waals surface area contributed by atoms with Crippen molar-refractivity contribution in [3.8, 4) is 0 Å². The van der Waals surface area contributed by atoms with Crippen molar-refractivity contribution in [2.45, 2.75) is 63.4 Å². The summed E-state index contributed by atoms with van der Waals surface area (Å²) >= 11 is 0. The van der Waals surface area contributed by atoms with Gasteiger partial charge in [-0.25, -0.2) is 4.79 Å². The predicted molar refractivity (Wildman–Crippen MR) is 76.9 cm³/mol. The fourth-order valence-corrected chi connectivity index (χ4v) is 3.00. The lowest BCUT2D eigenvalue weighted by atomic mass is 10.0. The van der Waals surface area contributed by atoms with E-state index < -0.39 is 35.9 Å². The number of likely N-dealkylation sites (N-methyl/N-ethyl adjacent to an activating group) is 1. The lowest BCUT2D eigenvalue weighted by Gasteiger charge is -2.23. The highest BCUT2D eigenvalue weighted by Gasteiger charge is 2.53. The van der Waals surface area contributed by atoms with E-state index in [1.807, 2.05) is 0 Å². The van der Waals surface area contributed by atoms with Crippen LogP contribution in [-0.4, -0.2) is 64.8 Å². The summed E-state index contributed by atoms with van der Waals surface area (Å²) in [6.45, 7) is 5.19. The number of nitrogens with one attached hydrogen (secondary N) is 2. The highest BCUT2D eigenvalue weighted by molar-refractivity contribution is 5.94. The van der Waals surface area contributed by atoms with Crippen LogP contribution in [-0.2, 0) is 14.3 Å². The van der Waals surface area contributed by atoms with E-state index in [4.69, 9.17) is 4.74 Å². The minimum absolute atomic E-state index is 0.217. The van der Waals surface area contributed by atoms with Gasteiger partial charge in [-0.05, 0) is 27.2 Å². The lowest BCUT2D eigenvalue weighted by Crippen LogP contribution is -2.49. The van der Waals surface area contributed by atoms with Crippen molar-refractivity contribution in [3.05, 3.63) is 0 Å². The van der Waals surface area contributed by atoms with Gasteiger partial charge >= 0.3 is 6.09 Å². The highest BCUT2D eigenvalue weighted by Crippen LogP contribution is 2.34. The standard InChI is InChI=1S/C14H23N3O5/c1-14(2,3)22-13(21)16-7-5-8-10(18)6-9(11(19)15-4)17(8)12(7)20/h7-10,18H,5-6H2,1-4H3,(H,15,19)(H,16,21)/t7-,8-,9-,10-/m0/s1. The summed E-state index contributed by atoms with van der Waals surface area (Å²) in [5.41, 5.74) is -0.661. The first-order chi connectivity index (χ1) is 10.1. The number of aliphatic hydroxyl groups is 1. The molecule has 0 aromatic carbocycles. The molecule has 0 aromatic rings. The Morgan fingerprint density at radius 2 is 1.95 bits per heavy atom. The van der Waals surface area contributed by atoms with Crippen molar-refractivity contribution in [2.24, 2.45) is 0 Å². The van der Waals surface area contributed by atoms with E-state index in [9.17, 15) is 19.5 Å². The predicted octanol–water partition coefficient (Wildman–Crippen LogP) is -0.640. The van der Waals surface area contributed by atoms with Crippen molar-refractivity contribution in [3.63, 3.8) is 0 Å². The zero-order valence-corrected chi connectivity index (χ0v) is 13.3. The first-order valence-corrected chi connectivity index (χ1v) is 7.35. The van der Waals surface area contributed by atoms with Crippen LogP contribution in [0.3, 0.4) is 0 Å². The molecule has 2 saturated heterocycles. The van der Waals surface area contributed by atoms with Gasteiger partial charge in [0.25, 0.3) is 0 Å². The molecule has 22 heavy (non-hydrogen) atoms. The summed E-state index contributed by atoms with van der Waals surface area (Å²) in [6, 6.07) is -1.92. The van der Waals surface area contributed by atoms with Crippen LogP contribution >= 0.6 is 0 Å². The number of amides is 3. The third-order valence-corrected chi connectivity index (χ3v) is 3.87. The topological polar surface area (TPSA) is 108 Å². The van der Waals surface area contributed by atoms with E-state index in [1.165, 1.54) is 11.9 Å². The molecular formula is C14H23N3O5. The second kappa shape index (κ2) is 5.75. The summed E-state index contributed by atoms with van der Waals surface area (Å²) in [4.78, 5) is 37.4. The Kier molecular flexibility index (Phi) is 4.32. The van der Waals surface area contributed by atoms with E-state index in [-0.39, 0.29) is 24.7 Å². The Labute approximate surface area is 129 Å². The number of ether oxygens (including phenoxy) is 1. The molecule has 0 saturated carbocycles. The molecule has 8 nitrogen and oxygen atoms in total. The average Bonchev–Trinajstić information content (AvgIpc) is 2.87. The molecule has 0 radical (unpaired) electrons. The number of nitrogens with zero attached hydrogens (tertiary/aromatic N) is 1. The van der Waals surface area contributed by atoms with E-state index >= 15 is 0 Å². The van der Waals surface area contributed by atoms with Gasteiger partial charge in [0.1, 0.15) is 17.7 Å². The van der Waals surface area contributed by atoms with Crippen LogP contribution in [0.25, 0.3) is 0 Å². The zero-order chi connectivity index (χ0) is 16.7. The molecule has 4 atom stereocenters. The lowest BCUT2D eigenvalue weighted by molar-refractivity contribution is -0.137. The van der Waals surface area contributed by atoms with Crippen molar-refractivity contribution in [2.75, 3.05) is 7.05 Å². The third-order valence-electron chi connectivity index (χ3n) is 3.87. The first-order valence-electron chi connectivity index (χ1n) is 7.35. The summed E-state index contributed by atoms with van der Waals surface area (Å²) in [5, 5.41) is 15.1. The quantitative estimate of drug-likeness (QED) is 0.628.